The lowest BCUT2D eigenvalue weighted by atomic mass is 10.1. The number of thiophene rings is 1. The number of aryl methyl sites for hydroxylation is 2. The van der Waals surface area contributed by atoms with E-state index < -0.39 is 18.5 Å². The van der Waals surface area contributed by atoms with E-state index >= 15 is 0 Å². The molecule has 0 spiro atoms. The Labute approximate surface area is 194 Å². The summed E-state index contributed by atoms with van der Waals surface area (Å²) >= 11 is 1.54. The van der Waals surface area contributed by atoms with E-state index in [0.29, 0.717) is 23.3 Å². The van der Waals surface area contributed by atoms with Gasteiger partial charge in [-0.25, -0.2) is 9.78 Å². The Hall–Kier alpha value is -3.78. The molecule has 2 aromatic heterocycles. The van der Waals surface area contributed by atoms with E-state index in [2.05, 4.69) is 10.3 Å². The predicted octanol–water partition coefficient (Wildman–Crippen LogP) is 3.85. The summed E-state index contributed by atoms with van der Waals surface area (Å²) in [7, 11) is 0. The number of benzene rings is 2. The fourth-order valence-electron chi connectivity index (χ4n) is 3.65. The number of rotatable bonds is 7. The lowest BCUT2D eigenvalue weighted by Gasteiger charge is -2.18. The Balaban J connectivity index is 1.47. The lowest BCUT2D eigenvalue weighted by Crippen LogP contribution is -2.32. The third kappa shape index (κ3) is 4.85. The van der Waals surface area contributed by atoms with Crippen molar-refractivity contribution in [3.63, 3.8) is 0 Å². The summed E-state index contributed by atoms with van der Waals surface area (Å²) in [4.78, 5) is 42.7. The van der Waals surface area contributed by atoms with Crippen LogP contribution in [0.25, 0.3) is 11.0 Å². The lowest BCUT2D eigenvalue weighted by molar-refractivity contribution is -0.124. The molecule has 0 bridgehead atoms. The Morgan fingerprint density at radius 3 is 2.61 bits per heavy atom. The Kier molecular flexibility index (Phi) is 6.65. The second-order valence-electron chi connectivity index (χ2n) is 7.45. The van der Waals surface area contributed by atoms with Crippen LogP contribution in [0.15, 0.2) is 70.8 Å². The zero-order chi connectivity index (χ0) is 23.4. The molecule has 0 aliphatic carbocycles. The molecule has 8 heteroatoms. The summed E-state index contributed by atoms with van der Waals surface area (Å²) in [5, 5.41) is 4.89. The van der Waals surface area contributed by atoms with Gasteiger partial charge >= 0.3 is 5.97 Å². The summed E-state index contributed by atoms with van der Waals surface area (Å²) in [5.74, 6) is -1.03. The first-order valence-corrected chi connectivity index (χ1v) is 11.4. The Morgan fingerprint density at radius 1 is 1.12 bits per heavy atom. The van der Waals surface area contributed by atoms with Crippen LogP contribution in [0, 0.1) is 6.92 Å². The summed E-state index contributed by atoms with van der Waals surface area (Å²) in [6.45, 7) is 3.60. The number of fused-ring (bicyclic) bond motifs is 1. The molecule has 168 valence electrons. The van der Waals surface area contributed by atoms with Crippen LogP contribution < -0.4 is 10.9 Å². The van der Waals surface area contributed by atoms with Gasteiger partial charge in [0.1, 0.15) is 5.69 Å². The Morgan fingerprint density at radius 2 is 1.91 bits per heavy atom. The summed E-state index contributed by atoms with van der Waals surface area (Å²) in [6.07, 6.45) is 0. The Bertz CT molecular complexity index is 1350. The van der Waals surface area contributed by atoms with Gasteiger partial charge in [-0.3, -0.25) is 9.59 Å². The number of aromatic nitrogens is 2. The van der Waals surface area contributed by atoms with Gasteiger partial charge in [0, 0.05) is 11.4 Å². The fourth-order valence-corrected chi connectivity index (χ4v) is 4.45. The van der Waals surface area contributed by atoms with Gasteiger partial charge in [0.2, 0.25) is 0 Å². The van der Waals surface area contributed by atoms with E-state index in [0.717, 1.165) is 10.4 Å². The van der Waals surface area contributed by atoms with Crippen molar-refractivity contribution >= 4 is 34.2 Å². The minimum absolute atomic E-state index is 0.157. The molecule has 7 nitrogen and oxygen atoms in total. The third-order valence-electron chi connectivity index (χ3n) is 5.26. The monoisotopic (exact) mass is 461 g/mol. The number of esters is 1. The highest BCUT2D eigenvalue weighted by atomic mass is 32.1. The second-order valence-corrected chi connectivity index (χ2v) is 8.43. The van der Waals surface area contributed by atoms with Gasteiger partial charge in [-0.15, -0.1) is 11.3 Å². The molecule has 0 fully saturated rings. The number of hydrogen-bond donors (Lipinski definition) is 1. The number of nitrogens with zero attached hydrogens (tertiary/aromatic N) is 2. The van der Waals surface area contributed by atoms with Crippen molar-refractivity contribution in [2.24, 2.45) is 0 Å². The maximum absolute atomic E-state index is 12.6. The molecule has 0 saturated carbocycles. The molecule has 0 saturated heterocycles. The summed E-state index contributed by atoms with van der Waals surface area (Å²) < 4.78 is 6.87. The normalized spacial score (nSPS) is 11.8. The first kappa shape index (κ1) is 22.4. The highest BCUT2D eigenvalue weighted by molar-refractivity contribution is 7.10. The van der Waals surface area contributed by atoms with E-state index in [9.17, 15) is 14.4 Å². The smallest absolute Gasteiger partial charge is 0.338 e. The summed E-state index contributed by atoms with van der Waals surface area (Å²) in [5.41, 5.74) is 2.57. The molecule has 0 aliphatic rings. The largest absolute Gasteiger partial charge is 0.452 e. The molecule has 4 aromatic rings. The molecule has 1 amide bonds. The number of carbonyl (C=O) groups is 2. The zero-order valence-corrected chi connectivity index (χ0v) is 19.1. The van der Waals surface area contributed by atoms with Crippen LogP contribution in [0.1, 0.15) is 39.5 Å². The van der Waals surface area contributed by atoms with Crippen LogP contribution in [-0.4, -0.2) is 28.0 Å². The number of amides is 1. The molecule has 33 heavy (non-hydrogen) atoms. The number of nitrogens with one attached hydrogen (secondary N) is 1. The number of carbonyl (C=O) groups excluding carboxylic acids is 2. The topological polar surface area (TPSA) is 90.3 Å². The highest BCUT2D eigenvalue weighted by Gasteiger charge is 2.19. The van der Waals surface area contributed by atoms with Crippen LogP contribution in [0.3, 0.4) is 0 Å². The molecular weight excluding hydrogens is 438 g/mol. The number of hydrogen-bond acceptors (Lipinski definition) is 6. The maximum atomic E-state index is 12.6. The highest BCUT2D eigenvalue weighted by Crippen LogP contribution is 2.25. The van der Waals surface area contributed by atoms with Crippen molar-refractivity contribution in [3.05, 3.63) is 98.1 Å². The summed E-state index contributed by atoms with van der Waals surface area (Å²) in [6, 6.07) is 18.0. The van der Waals surface area contributed by atoms with Gasteiger partial charge in [0.15, 0.2) is 6.61 Å². The zero-order valence-electron chi connectivity index (χ0n) is 18.3. The van der Waals surface area contributed by atoms with Gasteiger partial charge in [-0.1, -0.05) is 36.4 Å². The van der Waals surface area contributed by atoms with Gasteiger partial charge in [0.05, 0.1) is 22.6 Å². The van der Waals surface area contributed by atoms with Crippen molar-refractivity contribution in [2.75, 3.05) is 6.61 Å². The number of ether oxygens (including phenoxy) is 1. The first-order chi connectivity index (χ1) is 16.0. The van der Waals surface area contributed by atoms with Crippen molar-refractivity contribution in [1.82, 2.24) is 14.9 Å². The van der Waals surface area contributed by atoms with Gasteiger partial charge in [-0.05, 0) is 49.1 Å². The van der Waals surface area contributed by atoms with Crippen molar-refractivity contribution < 1.29 is 14.3 Å². The van der Waals surface area contributed by atoms with Crippen LogP contribution in [0.4, 0.5) is 0 Å². The third-order valence-corrected chi connectivity index (χ3v) is 6.20. The van der Waals surface area contributed by atoms with E-state index in [1.807, 2.05) is 54.8 Å². The standard InChI is InChI=1S/C25H23N3O4S/c1-3-28-20-12-11-18(14-19(20)26-16(2)24(28)30)25(31)32-15-22(29)27-23(21-10-7-13-33-21)17-8-5-4-6-9-17/h4-14,23H,3,15H2,1-2H3,(H,27,29). The molecule has 0 radical (unpaired) electrons. The van der Waals surface area contributed by atoms with E-state index in [1.54, 1.807) is 41.0 Å². The van der Waals surface area contributed by atoms with Gasteiger partial charge in [0.25, 0.3) is 11.5 Å². The average Bonchev–Trinajstić information content (AvgIpc) is 3.37. The minimum atomic E-state index is -0.631. The SMILES string of the molecule is CCn1c(=O)c(C)nc2cc(C(=O)OCC(=O)NC(c3ccccc3)c3cccs3)ccc21. The van der Waals surface area contributed by atoms with Crippen LogP contribution in [-0.2, 0) is 16.1 Å². The molecule has 1 unspecified atom stereocenters. The van der Waals surface area contributed by atoms with Crippen LogP contribution >= 0.6 is 11.3 Å². The first-order valence-electron chi connectivity index (χ1n) is 10.5. The average molecular weight is 462 g/mol. The van der Waals surface area contributed by atoms with Gasteiger partial charge in [-0.2, -0.15) is 0 Å². The molecule has 2 aromatic carbocycles. The molecule has 1 N–H and O–H groups in total. The predicted molar refractivity (Wildman–Crippen MR) is 127 cm³/mol. The van der Waals surface area contributed by atoms with Crippen molar-refractivity contribution in [2.45, 2.75) is 26.4 Å². The van der Waals surface area contributed by atoms with E-state index in [1.165, 1.54) is 0 Å². The van der Waals surface area contributed by atoms with Crippen molar-refractivity contribution in [1.29, 1.82) is 0 Å². The quantitative estimate of drug-likeness (QED) is 0.422. The minimum Gasteiger partial charge on any atom is -0.452 e. The van der Waals surface area contributed by atoms with E-state index in [4.69, 9.17) is 4.74 Å². The second kappa shape index (κ2) is 9.79. The molecule has 4 rings (SSSR count). The molecular formula is C25H23N3O4S. The molecule has 0 aliphatic heterocycles. The van der Waals surface area contributed by atoms with E-state index in [-0.39, 0.29) is 17.2 Å². The van der Waals surface area contributed by atoms with Crippen molar-refractivity contribution in [3.8, 4) is 0 Å². The molecule has 2 heterocycles. The van der Waals surface area contributed by atoms with Gasteiger partial charge < -0.3 is 14.6 Å². The van der Waals surface area contributed by atoms with Crippen LogP contribution in [0.2, 0.25) is 0 Å². The molecule has 1 atom stereocenters. The maximum Gasteiger partial charge on any atom is 0.338 e. The fraction of sp³-hybridized carbons (Fsp3) is 0.200. The van der Waals surface area contributed by atoms with Crippen LogP contribution in [0.5, 0.6) is 0 Å².